The number of halogens is 3. The van der Waals surface area contributed by atoms with Crippen LogP contribution in [-0.4, -0.2) is 29.8 Å². The molecule has 0 fully saturated rings. The average Bonchev–Trinajstić information content (AvgIpc) is 2.59. The maximum absolute atomic E-state index is 12.5. The highest BCUT2D eigenvalue weighted by Crippen LogP contribution is 2.29. The molecule has 0 spiro atoms. The van der Waals surface area contributed by atoms with Gasteiger partial charge in [-0.1, -0.05) is 26.0 Å². The zero-order valence-electron chi connectivity index (χ0n) is 15.4. The standard InChI is InChI=1S/C19H27F3N2O2/c1-3-12-24(13-4-2)18(26)7-5-6-17(25)23-14-15-8-10-16(11-9-15)19(20,21)22/h8-11H,3-7,12-14H2,1-2H3,(H,23,25). The number of carbonyl (C=O) groups is 2. The Morgan fingerprint density at radius 1 is 1.00 bits per heavy atom. The van der Waals surface area contributed by atoms with E-state index in [4.69, 9.17) is 0 Å². The number of nitrogens with zero attached hydrogens (tertiary/aromatic N) is 1. The van der Waals surface area contributed by atoms with Crippen molar-refractivity contribution in [1.82, 2.24) is 10.2 Å². The van der Waals surface area contributed by atoms with E-state index < -0.39 is 11.7 Å². The Bertz CT molecular complexity index is 565. The van der Waals surface area contributed by atoms with Crippen LogP contribution in [0.2, 0.25) is 0 Å². The van der Waals surface area contributed by atoms with Crippen LogP contribution in [0.25, 0.3) is 0 Å². The van der Waals surface area contributed by atoms with Crippen molar-refractivity contribution in [2.45, 2.75) is 58.7 Å². The number of benzene rings is 1. The molecule has 146 valence electrons. The van der Waals surface area contributed by atoms with Crippen LogP contribution < -0.4 is 5.32 Å². The second-order valence-corrected chi connectivity index (χ2v) is 6.21. The Morgan fingerprint density at radius 2 is 1.58 bits per heavy atom. The molecule has 1 N–H and O–H groups in total. The minimum absolute atomic E-state index is 0.0595. The molecule has 7 heteroatoms. The molecule has 0 aromatic heterocycles. The van der Waals surface area contributed by atoms with Crippen LogP contribution in [0, 0.1) is 0 Å². The molecule has 26 heavy (non-hydrogen) atoms. The highest BCUT2D eigenvalue weighted by molar-refractivity contribution is 5.78. The van der Waals surface area contributed by atoms with Gasteiger partial charge in [0.1, 0.15) is 0 Å². The van der Waals surface area contributed by atoms with Gasteiger partial charge in [-0.2, -0.15) is 13.2 Å². The molecule has 0 atom stereocenters. The molecule has 0 aliphatic heterocycles. The zero-order chi connectivity index (χ0) is 19.6. The second kappa shape index (κ2) is 10.8. The summed E-state index contributed by atoms with van der Waals surface area (Å²) >= 11 is 0. The molecule has 0 bridgehead atoms. The molecule has 0 heterocycles. The molecule has 0 saturated carbocycles. The largest absolute Gasteiger partial charge is 0.416 e. The van der Waals surface area contributed by atoms with E-state index in [0.717, 1.165) is 38.1 Å². The van der Waals surface area contributed by atoms with E-state index in [9.17, 15) is 22.8 Å². The van der Waals surface area contributed by atoms with E-state index in [1.807, 2.05) is 18.7 Å². The van der Waals surface area contributed by atoms with Crippen LogP contribution in [0.4, 0.5) is 13.2 Å². The van der Waals surface area contributed by atoms with Crippen molar-refractivity contribution in [2.75, 3.05) is 13.1 Å². The summed E-state index contributed by atoms with van der Waals surface area (Å²) in [5, 5.41) is 2.67. The number of nitrogens with one attached hydrogen (secondary N) is 1. The molecule has 0 aliphatic carbocycles. The molecule has 4 nitrogen and oxygen atoms in total. The van der Waals surface area contributed by atoms with Gasteiger partial charge in [-0.3, -0.25) is 9.59 Å². The third kappa shape index (κ3) is 7.89. The molecule has 2 amide bonds. The lowest BCUT2D eigenvalue weighted by atomic mass is 10.1. The van der Waals surface area contributed by atoms with Crippen molar-refractivity contribution in [3.05, 3.63) is 35.4 Å². The lowest BCUT2D eigenvalue weighted by Crippen LogP contribution is -2.32. The fraction of sp³-hybridized carbons (Fsp3) is 0.579. The fourth-order valence-corrected chi connectivity index (χ4v) is 2.56. The second-order valence-electron chi connectivity index (χ2n) is 6.21. The predicted molar refractivity (Wildman–Crippen MR) is 94.3 cm³/mol. The van der Waals surface area contributed by atoms with Gasteiger partial charge >= 0.3 is 6.18 Å². The number of carbonyl (C=O) groups excluding carboxylic acids is 2. The van der Waals surface area contributed by atoms with Crippen molar-refractivity contribution in [1.29, 1.82) is 0 Å². The van der Waals surface area contributed by atoms with Gasteiger partial charge < -0.3 is 10.2 Å². The SMILES string of the molecule is CCCN(CCC)C(=O)CCCC(=O)NCc1ccc(C(F)(F)F)cc1. The van der Waals surface area contributed by atoms with Crippen molar-refractivity contribution < 1.29 is 22.8 Å². The van der Waals surface area contributed by atoms with Crippen molar-refractivity contribution in [3.8, 4) is 0 Å². The zero-order valence-corrected chi connectivity index (χ0v) is 15.4. The molecular weight excluding hydrogens is 345 g/mol. The summed E-state index contributed by atoms with van der Waals surface area (Å²) in [7, 11) is 0. The Kier molecular flexibility index (Phi) is 9.16. The van der Waals surface area contributed by atoms with Gasteiger partial charge in [0, 0.05) is 32.5 Å². The van der Waals surface area contributed by atoms with Gasteiger partial charge in [0.25, 0.3) is 0 Å². The summed E-state index contributed by atoms with van der Waals surface area (Å²) in [6.45, 7) is 5.66. The van der Waals surface area contributed by atoms with Gasteiger partial charge in [0.2, 0.25) is 11.8 Å². The summed E-state index contributed by atoms with van der Waals surface area (Å²) < 4.78 is 37.5. The summed E-state index contributed by atoms with van der Waals surface area (Å²) in [6.07, 6.45) is -1.55. The number of amides is 2. The Morgan fingerprint density at radius 3 is 2.08 bits per heavy atom. The number of alkyl halides is 3. The monoisotopic (exact) mass is 372 g/mol. The van der Waals surface area contributed by atoms with Gasteiger partial charge in [-0.15, -0.1) is 0 Å². The van der Waals surface area contributed by atoms with Gasteiger partial charge in [0.15, 0.2) is 0 Å². The number of rotatable bonds is 10. The minimum Gasteiger partial charge on any atom is -0.352 e. The molecule has 0 saturated heterocycles. The first-order valence-electron chi connectivity index (χ1n) is 8.98. The van der Waals surface area contributed by atoms with Crippen LogP contribution in [-0.2, 0) is 22.3 Å². The van der Waals surface area contributed by atoms with Crippen LogP contribution in [0.1, 0.15) is 57.1 Å². The Labute approximate surface area is 152 Å². The van der Waals surface area contributed by atoms with E-state index in [1.54, 1.807) is 0 Å². The summed E-state index contributed by atoms with van der Waals surface area (Å²) in [5.41, 5.74) is -0.116. The first-order valence-corrected chi connectivity index (χ1v) is 8.98. The third-order valence-electron chi connectivity index (χ3n) is 3.91. The Balaban J connectivity index is 2.33. The van der Waals surface area contributed by atoms with Crippen molar-refractivity contribution in [3.63, 3.8) is 0 Å². The molecular formula is C19H27F3N2O2. The van der Waals surface area contributed by atoms with Gasteiger partial charge in [0.05, 0.1) is 5.56 Å². The van der Waals surface area contributed by atoms with E-state index in [0.29, 0.717) is 18.4 Å². The molecule has 0 aliphatic rings. The van der Waals surface area contributed by atoms with Crippen LogP contribution in [0.15, 0.2) is 24.3 Å². The number of hydrogen-bond acceptors (Lipinski definition) is 2. The predicted octanol–water partition coefficient (Wildman–Crippen LogP) is 4.14. The first kappa shape index (κ1) is 22.0. The number of hydrogen-bond donors (Lipinski definition) is 1. The Hall–Kier alpha value is -2.05. The third-order valence-corrected chi connectivity index (χ3v) is 3.91. The quantitative estimate of drug-likeness (QED) is 0.671. The van der Waals surface area contributed by atoms with E-state index >= 15 is 0 Å². The smallest absolute Gasteiger partial charge is 0.352 e. The lowest BCUT2D eigenvalue weighted by Gasteiger charge is -2.21. The first-order chi connectivity index (χ1) is 12.3. The van der Waals surface area contributed by atoms with E-state index in [-0.39, 0.29) is 24.8 Å². The topological polar surface area (TPSA) is 49.4 Å². The van der Waals surface area contributed by atoms with Crippen LogP contribution >= 0.6 is 0 Å². The molecule has 0 unspecified atom stereocenters. The summed E-state index contributed by atoms with van der Waals surface area (Å²) in [4.78, 5) is 25.7. The maximum Gasteiger partial charge on any atom is 0.416 e. The molecule has 0 radical (unpaired) electrons. The van der Waals surface area contributed by atoms with E-state index in [2.05, 4.69) is 5.32 Å². The molecule has 1 aromatic rings. The van der Waals surface area contributed by atoms with Crippen LogP contribution in [0.3, 0.4) is 0 Å². The summed E-state index contributed by atoms with van der Waals surface area (Å²) in [5.74, 6) is -0.153. The van der Waals surface area contributed by atoms with Gasteiger partial charge in [-0.25, -0.2) is 0 Å². The molecule has 1 aromatic carbocycles. The van der Waals surface area contributed by atoms with Crippen LogP contribution in [0.5, 0.6) is 0 Å². The minimum atomic E-state index is -4.36. The summed E-state index contributed by atoms with van der Waals surface area (Å²) in [6, 6.07) is 4.69. The van der Waals surface area contributed by atoms with Crippen molar-refractivity contribution in [2.24, 2.45) is 0 Å². The fourth-order valence-electron chi connectivity index (χ4n) is 2.56. The maximum atomic E-state index is 12.5. The molecule has 1 rings (SSSR count). The van der Waals surface area contributed by atoms with Crippen molar-refractivity contribution >= 4 is 11.8 Å². The van der Waals surface area contributed by atoms with Gasteiger partial charge in [-0.05, 0) is 37.0 Å². The lowest BCUT2D eigenvalue weighted by molar-refractivity contribution is -0.137. The highest BCUT2D eigenvalue weighted by Gasteiger charge is 2.29. The highest BCUT2D eigenvalue weighted by atomic mass is 19.4. The average molecular weight is 372 g/mol. The normalized spacial score (nSPS) is 11.3. The van der Waals surface area contributed by atoms with E-state index in [1.165, 1.54) is 12.1 Å².